The second-order valence-electron chi connectivity index (χ2n) is 4.18. The van der Waals surface area contributed by atoms with Crippen LogP contribution in [0.1, 0.15) is 11.1 Å². The Morgan fingerprint density at radius 1 is 1.16 bits per heavy atom. The molecule has 0 aliphatic carbocycles. The Morgan fingerprint density at radius 2 is 1.89 bits per heavy atom. The highest BCUT2D eigenvalue weighted by Crippen LogP contribution is 2.31. The maximum atomic E-state index is 5.96. The van der Waals surface area contributed by atoms with Crippen LogP contribution >= 0.6 is 39.1 Å². The van der Waals surface area contributed by atoms with Crippen LogP contribution in [0.5, 0.6) is 5.75 Å². The first-order chi connectivity index (χ1) is 8.97. The fourth-order valence-corrected chi connectivity index (χ4v) is 2.65. The number of hydrogen-bond acceptors (Lipinski definition) is 2. The number of halogens is 3. The fraction of sp³-hybridized carbons (Fsp3) is 0.143. The lowest BCUT2D eigenvalue weighted by atomic mass is 10.2. The number of nitrogen functional groups attached to an aromatic ring is 1. The minimum absolute atomic E-state index is 0.392. The number of benzene rings is 2. The normalized spacial score (nSPS) is 10.5. The number of rotatable bonds is 3. The molecule has 19 heavy (non-hydrogen) atoms. The van der Waals surface area contributed by atoms with E-state index in [0.29, 0.717) is 28.1 Å². The summed E-state index contributed by atoms with van der Waals surface area (Å²) in [7, 11) is 0. The molecule has 0 aliphatic heterocycles. The molecule has 0 atom stereocenters. The summed E-state index contributed by atoms with van der Waals surface area (Å²) in [4.78, 5) is 0. The summed E-state index contributed by atoms with van der Waals surface area (Å²) in [6, 6.07) is 9.19. The Bertz CT molecular complexity index is 593. The molecule has 2 aromatic carbocycles. The fourth-order valence-electron chi connectivity index (χ4n) is 1.74. The monoisotopic (exact) mass is 359 g/mol. The van der Waals surface area contributed by atoms with Gasteiger partial charge in [-0.05, 0) is 42.3 Å². The van der Waals surface area contributed by atoms with E-state index in [2.05, 4.69) is 15.9 Å². The van der Waals surface area contributed by atoms with E-state index in [9.17, 15) is 0 Å². The van der Waals surface area contributed by atoms with Gasteiger partial charge in [0.1, 0.15) is 12.4 Å². The average Bonchev–Trinajstić information content (AvgIpc) is 2.32. The van der Waals surface area contributed by atoms with E-state index in [1.165, 1.54) is 0 Å². The van der Waals surface area contributed by atoms with E-state index in [-0.39, 0.29) is 0 Å². The molecule has 0 unspecified atom stereocenters. The standard InChI is InChI=1S/C14H12BrCl2NO/c1-8-4-10(15)6-13(18)14(8)19-7-9-2-3-11(16)12(17)5-9/h2-6H,7,18H2,1H3. The summed E-state index contributed by atoms with van der Waals surface area (Å²) < 4.78 is 6.69. The van der Waals surface area contributed by atoms with Crippen LogP contribution < -0.4 is 10.5 Å². The Labute approximate surface area is 130 Å². The highest BCUT2D eigenvalue weighted by atomic mass is 79.9. The van der Waals surface area contributed by atoms with Gasteiger partial charge in [0.25, 0.3) is 0 Å². The van der Waals surface area contributed by atoms with E-state index in [1.54, 1.807) is 12.1 Å². The molecule has 0 fully saturated rings. The summed E-state index contributed by atoms with van der Waals surface area (Å²) >= 11 is 15.2. The molecule has 2 nitrogen and oxygen atoms in total. The van der Waals surface area contributed by atoms with Crippen molar-refractivity contribution in [2.45, 2.75) is 13.5 Å². The first kappa shape index (κ1) is 14.5. The van der Waals surface area contributed by atoms with Crippen molar-refractivity contribution in [2.24, 2.45) is 0 Å². The third-order valence-electron chi connectivity index (χ3n) is 2.64. The Morgan fingerprint density at radius 3 is 2.53 bits per heavy atom. The van der Waals surface area contributed by atoms with E-state index in [0.717, 1.165) is 15.6 Å². The maximum absolute atomic E-state index is 5.96. The molecule has 0 saturated carbocycles. The Kier molecular flexibility index (Phi) is 4.61. The van der Waals surface area contributed by atoms with Gasteiger partial charge in [0.15, 0.2) is 0 Å². The van der Waals surface area contributed by atoms with E-state index < -0.39 is 0 Å². The van der Waals surface area contributed by atoms with Crippen molar-refractivity contribution in [3.05, 3.63) is 56.0 Å². The topological polar surface area (TPSA) is 35.2 Å². The van der Waals surface area contributed by atoms with Gasteiger partial charge in [-0.2, -0.15) is 0 Å². The number of hydrogen-bond donors (Lipinski definition) is 1. The predicted molar refractivity (Wildman–Crippen MR) is 84.1 cm³/mol. The third kappa shape index (κ3) is 3.56. The van der Waals surface area contributed by atoms with Crippen LogP contribution in [0.15, 0.2) is 34.8 Å². The third-order valence-corrected chi connectivity index (χ3v) is 3.83. The van der Waals surface area contributed by atoms with Gasteiger partial charge in [-0.15, -0.1) is 0 Å². The highest BCUT2D eigenvalue weighted by Gasteiger charge is 2.07. The summed E-state index contributed by atoms with van der Waals surface area (Å²) in [5.74, 6) is 0.689. The van der Waals surface area contributed by atoms with E-state index >= 15 is 0 Å². The number of anilines is 1. The van der Waals surface area contributed by atoms with Gasteiger partial charge in [-0.25, -0.2) is 0 Å². The number of ether oxygens (including phenoxy) is 1. The first-order valence-electron chi connectivity index (χ1n) is 5.59. The molecule has 0 aromatic heterocycles. The van der Waals surface area contributed by atoms with Crippen molar-refractivity contribution in [1.29, 1.82) is 0 Å². The second kappa shape index (κ2) is 6.04. The zero-order valence-electron chi connectivity index (χ0n) is 10.2. The summed E-state index contributed by atoms with van der Waals surface area (Å²) in [5.41, 5.74) is 8.46. The van der Waals surface area contributed by atoms with Gasteiger partial charge in [-0.1, -0.05) is 45.2 Å². The lowest BCUT2D eigenvalue weighted by molar-refractivity contribution is 0.306. The van der Waals surface area contributed by atoms with Gasteiger partial charge in [0, 0.05) is 4.47 Å². The molecule has 0 amide bonds. The van der Waals surface area contributed by atoms with Crippen LogP contribution in [0.2, 0.25) is 10.0 Å². The SMILES string of the molecule is Cc1cc(Br)cc(N)c1OCc1ccc(Cl)c(Cl)c1. The summed E-state index contributed by atoms with van der Waals surface area (Å²) in [6.45, 7) is 2.34. The molecular weight excluding hydrogens is 349 g/mol. The predicted octanol–water partition coefficient (Wildman–Crippen LogP) is 5.23. The average molecular weight is 361 g/mol. The van der Waals surface area contributed by atoms with Gasteiger partial charge in [0.2, 0.25) is 0 Å². The van der Waals surface area contributed by atoms with Gasteiger partial charge < -0.3 is 10.5 Å². The van der Waals surface area contributed by atoms with Crippen molar-refractivity contribution in [3.8, 4) is 5.75 Å². The second-order valence-corrected chi connectivity index (χ2v) is 5.91. The lowest BCUT2D eigenvalue weighted by Crippen LogP contribution is -2.00. The molecular formula is C14H12BrCl2NO. The van der Waals surface area contributed by atoms with Crippen molar-refractivity contribution >= 4 is 44.8 Å². The molecule has 0 heterocycles. The minimum Gasteiger partial charge on any atom is -0.486 e. The van der Waals surface area contributed by atoms with Gasteiger partial charge in [0.05, 0.1) is 15.7 Å². The number of aryl methyl sites for hydroxylation is 1. The minimum atomic E-state index is 0.392. The molecule has 2 N–H and O–H groups in total. The van der Waals surface area contributed by atoms with Crippen LogP contribution in [0.3, 0.4) is 0 Å². The van der Waals surface area contributed by atoms with Crippen LogP contribution in [-0.4, -0.2) is 0 Å². The zero-order chi connectivity index (χ0) is 14.0. The van der Waals surface area contributed by atoms with Crippen LogP contribution in [0, 0.1) is 6.92 Å². The molecule has 100 valence electrons. The molecule has 0 spiro atoms. The summed E-state index contributed by atoms with van der Waals surface area (Å²) in [6.07, 6.45) is 0. The highest BCUT2D eigenvalue weighted by molar-refractivity contribution is 9.10. The van der Waals surface area contributed by atoms with Crippen LogP contribution in [0.4, 0.5) is 5.69 Å². The molecule has 5 heteroatoms. The van der Waals surface area contributed by atoms with Crippen LogP contribution in [-0.2, 0) is 6.61 Å². The molecule has 2 rings (SSSR count). The maximum Gasteiger partial charge on any atom is 0.145 e. The summed E-state index contributed by atoms with van der Waals surface area (Å²) in [5, 5.41) is 1.05. The molecule has 2 aromatic rings. The quantitative estimate of drug-likeness (QED) is 0.761. The largest absolute Gasteiger partial charge is 0.486 e. The van der Waals surface area contributed by atoms with Gasteiger partial charge in [-0.3, -0.25) is 0 Å². The van der Waals surface area contributed by atoms with Crippen molar-refractivity contribution in [3.63, 3.8) is 0 Å². The Hall–Kier alpha value is -0.900. The first-order valence-corrected chi connectivity index (χ1v) is 7.14. The smallest absolute Gasteiger partial charge is 0.145 e. The Balaban J connectivity index is 2.16. The molecule has 0 radical (unpaired) electrons. The van der Waals surface area contributed by atoms with E-state index in [1.807, 2.05) is 25.1 Å². The van der Waals surface area contributed by atoms with E-state index in [4.69, 9.17) is 33.7 Å². The molecule has 0 saturated heterocycles. The lowest BCUT2D eigenvalue weighted by Gasteiger charge is -2.12. The van der Waals surface area contributed by atoms with Crippen molar-refractivity contribution in [1.82, 2.24) is 0 Å². The van der Waals surface area contributed by atoms with Crippen molar-refractivity contribution in [2.75, 3.05) is 5.73 Å². The van der Waals surface area contributed by atoms with Crippen LogP contribution in [0.25, 0.3) is 0 Å². The van der Waals surface area contributed by atoms with Crippen molar-refractivity contribution < 1.29 is 4.74 Å². The molecule has 0 bridgehead atoms. The molecule has 0 aliphatic rings. The number of nitrogens with two attached hydrogens (primary N) is 1. The zero-order valence-corrected chi connectivity index (χ0v) is 13.3. The van der Waals surface area contributed by atoms with Gasteiger partial charge >= 0.3 is 0 Å².